The summed E-state index contributed by atoms with van der Waals surface area (Å²) in [6.07, 6.45) is 1.90. The second-order valence-electron chi connectivity index (χ2n) is 7.36. The van der Waals surface area contributed by atoms with Crippen LogP contribution in [-0.4, -0.2) is 49.8 Å². The fourth-order valence-corrected chi connectivity index (χ4v) is 5.45. The fraction of sp³-hybridized carbons (Fsp3) is 0.381. The van der Waals surface area contributed by atoms with Crippen molar-refractivity contribution < 1.29 is 27.1 Å². The van der Waals surface area contributed by atoms with Crippen LogP contribution in [0, 0.1) is 11.7 Å². The van der Waals surface area contributed by atoms with Crippen molar-refractivity contribution in [2.75, 3.05) is 20.2 Å². The Morgan fingerprint density at radius 1 is 1.25 bits per heavy atom. The van der Waals surface area contributed by atoms with E-state index < -0.39 is 33.8 Å². The molecule has 2 heterocycles. The second kappa shape index (κ2) is 10.4. The first-order valence-electron chi connectivity index (χ1n) is 9.95. The third kappa shape index (κ3) is 5.62. The van der Waals surface area contributed by atoms with Crippen molar-refractivity contribution in [3.8, 4) is 0 Å². The summed E-state index contributed by atoms with van der Waals surface area (Å²) < 4.78 is 44.9. The van der Waals surface area contributed by atoms with Crippen molar-refractivity contribution in [2.45, 2.75) is 30.2 Å². The molecule has 1 unspecified atom stereocenters. The molecule has 3 rings (SSSR count). The first-order chi connectivity index (χ1) is 15.2. The van der Waals surface area contributed by atoms with Gasteiger partial charge in [0.15, 0.2) is 0 Å². The quantitative estimate of drug-likeness (QED) is 0.479. The third-order valence-electron chi connectivity index (χ3n) is 5.35. The number of methoxy groups -OCH3 is 1. The molecular weight excluding hydrogens is 461 g/mol. The van der Waals surface area contributed by atoms with Gasteiger partial charge in [-0.25, -0.2) is 17.8 Å². The molecule has 8 nitrogen and oxygen atoms in total. The van der Waals surface area contributed by atoms with Crippen LogP contribution in [0.2, 0.25) is 5.15 Å². The number of ether oxygens (including phenoxy) is 1. The SMILES string of the molecule is COC(=O)CC(NC(=O)C1CCN(S(=O)(=O)c2cccnc2Cl)CC1)c1ccc(F)cc1. The average molecular weight is 484 g/mol. The largest absolute Gasteiger partial charge is 0.469 e. The Hall–Kier alpha value is -2.56. The highest BCUT2D eigenvalue weighted by Gasteiger charge is 2.34. The van der Waals surface area contributed by atoms with Crippen molar-refractivity contribution >= 4 is 33.5 Å². The van der Waals surface area contributed by atoms with Gasteiger partial charge in [0.1, 0.15) is 15.9 Å². The molecule has 0 saturated carbocycles. The molecule has 1 aromatic heterocycles. The Morgan fingerprint density at radius 3 is 2.50 bits per heavy atom. The lowest BCUT2D eigenvalue weighted by Gasteiger charge is -2.31. The lowest BCUT2D eigenvalue weighted by Crippen LogP contribution is -2.44. The fourth-order valence-electron chi connectivity index (χ4n) is 3.55. The van der Waals surface area contributed by atoms with Crippen LogP contribution in [0.1, 0.15) is 30.9 Å². The maximum atomic E-state index is 13.3. The number of nitrogens with one attached hydrogen (secondary N) is 1. The van der Waals surface area contributed by atoms with Crippen molar-refractivity contribution in [3.63, 3.8) is 0 Å². The maximum Gasteiger partial charge on any atom is 0.307 e. The molecule has 11 heteroatoms. The zero-order valence-corrected chi connectivity index (χ0v) is 18.9. The van der Waals surface area contributed by atoms with E-state index in [9.17, 15) is 22.4 Å². The number of esters is 1. The highest BCUT2D eigenvalue weighted by atomic mass is 35.5. The van der Waals surface area contributed by atoms with Gasteiger partial charge in [0.25, 0.3) is 0 Å². The van der Waals surface area contributed by atoms with E-state index in [0.717, 1.165) is 0 Å². The monoisotopic (exact) mass is 483 g/mol. The summed E-state index contributed by atoms with van der Waals surface area (Å²) in [4.78, 5) is 28.4. The molecule has 32 heavy (non-hydrogen) atoms. The van der Waals surface area contributed by atoms with E-state index in [2.05, 4.69) is 10.3 Å². The summed E-state index contributed by atoms with van der Waals surface area (Å²) in [6, 6.07) is 7.69. The molecule has 0 radical (unpaired) electrons. The van der Waals surface area contributed by atoms with Gasteiger partial charge in [-0.1, -0.05) is 23.7 Å². The van der Waals surface area contributed by atoms with Gasteiger partial charge in [-0.2, -0.15) is 4.31 Å². The van der Waals surface area contributed by atoms with Crippen molar-refractivity contribution in [2.24, 2.45) is 5.92 Å². The minimum absolute atomic E-state index is 0.0704. The number of benzene rings is 1. The van der Waals surface area contributed by atoms with Crippen LogP contribution >= 0.6 is 11.6 Å². The number of rotatable bonds is 7. The van der Waals surface area contributed by atoms with Gasteiger partial charge in [-0.3, -0.25) is 9.59 Å². The minimum Gasteiger partial charge on any atom is -0.469 e. The van der Waals surface area contributed by atoms with E-state index >= 15 is 0 Å². The van der Waals surface area contributed by atoms with Gasteiger partial charge in [-0.05, 0) is 42.7 Å². The highest BCUT2D eigenvalue weighted by Crippen LogP contribution is 2.28. The first kappa shape index (κ1) is 24.1. The molecule has 1 aromatic carbocycles. The van der Waals surface area contributed by atoms with Crippen LogP contribution < -0.4 is 5.32 Å². The Balaban J connectivity index is 1.66. The molecule has 1 aliphatic rings. The summed E-state index contributed by atoms with van der Waals surface area (Å²) in [5.41, 5.74) is 0.566. The van der Waals surface area contributed by atoms with Crippen LogP contribution in [0.4, 0.5) is 4.39 Å². The Kier molecular flexibility index (Phi) is 7.81. The predicted molar refractivity (Wildman–Crippen MR) is 115 cm³/mol. The molecular formula is C21H23ClFN3O5S. The lowest BCUT2D eigenvalue weighted by molar-refractivity contribution is -0.141. The number of aromatic nitrogens is 1. The number of nitrogens with zero attached hydrogens (tertiary/aromatic N) is 2. The number of piperidine rings is 1. The number of pyridine rings is 1. The van der Waals surface area contributed by atoms with Gasteiger partial charge < -0.3 is 10.1 Å². The third-order valence-corrected chi connectivity index (χ3v) is 7.70. The summed E-state index contributed by atoms with van der Waals surface area (Å²) in [7, 11) is -2.57. The maximum absolute atomic E-state index is 13.3. The number of sulfonamides is 1. The van der Waals surface area contributed by atoms with Crippen LogP contribution in [-0.2, 0) is 24.3 Å². The van der Waals surface area contributed by atoms with E-state index in [1.165, 1.54) is 54.0 Å². The van der Waals surface area contributed by atoms with E-state index in [4.69, 9.17) is 16.3 Å². The first-order valence-corrected chi connectivity index (χ1v) is 11.8. The van der Waals surface area contributed by atoms with E-state index in [0.29, 0.717) is 18.4 Å². The zero-order chi connectivity index (χ0) is 23.3. The average Bonchev–Trinajstić information content (AvgIpc) is 2.79. The van der Waals surface area contributed by atoms with E-state index in [-0.39, 0.29) is 35.5 Å². The van der Waals surface area contributed by atoms with Crippen molar-refractivity contribution in [3.05, 3.63) is 59.1 Å². The molecule has 1 aliphatic heterocycles. The molecule has 1 fully saturated rings. The molecule has 0 aliphatic carbocycles. The molecule has 172 valence electrons. The summed E-state index contributed by atoms with van der Waals surface area (Å²) in [6.45, 7) is 0.285. The number of amides is 1. The minimum atomic E-state index is -3.82. The van der Waals surface area contributed by atoms with Gasteiger partial charge in [0.05, 0.1) is 19.6 Å². The van der Waals surface area contributed by atoms with Crippen LogP contribution in [0.15, 0.2) is 47.5 Å². The van der Waals surface area contributed by atoms with Crippen LogP contribution in [0.25, 0.3) is 0 Å². The Labute approximate surface area is 190 Å². The van der Waals surface area contributed by atoms with Gasteiger partial charge in [0, 0.05) is 25.2 Å². The molecule has 1 amide bonds. The normalized spacial score (nSPS) is 16.3. The predicted octanol–water partition coefficient (Wildman–Crippen LogP) is 2.70. The van der Waals surface area contributed by atoms with Crippen LogP contribution in [0.5, 0.6) is 0 Å². The van der Waals surface area contributed by atoms with Gasteiger partial charge >= 0.3 is 5.97 Å². The van der Waals surface area contributed by atoms with Crippen LogP contribution in [0.3, 0.4) is 0 Å². The molecule has 1 atom stereocenters. The summed E-state index contributed by atoms with van der Waals surface area (Å²) >= 11 is 5.94. The molecule has 0 spiro atoms. The number of halogens is 2. The van der Waals surface area contributed by atoms with E-state index in [1.807, 2.05) is 0 Å². The molecule has 0 bridgehead atoms. The van der Waals surface area contributed by atoms with Gasteiger partial charge in [0.2, 0.25) is 15.9 Å². The molecule has 1 N–H and O–H groups in total. The topological polar surface area (TPSA) is 106 Å². The number of carbonyl (C=O) groups is 2. The number of hydrogen-bond donors (Lipinski definition) is 1. The standard InChI is InChI=1S/C21H23ClFN3O5S/c1-31-19(27)13-17(14-4-6-16(23)7-5-14)25-21(28)15-8-11-26(12-9-15)32(29,30)18-3-2-10-24-20(18)22/h2-7,10,15,17H,8-9,11-13H2,1H3,(H,25,28). The number of hydrogen-bond acceptors (Lipinski definition) is 6. The molecule has 1 saturated heterocycles. The smallest absolute Gasteiger partial charge is 0.307 e. The second-order valence-corrected chi connectivity index (χ2v) is 9.63. The van der Waals surface area contributed by atoms with Crippen molar-refractivity contribution in [1.82, 2.24) is 14.6 Å². The Morgan fingerprint density at radius 2 is 1.91 bits per heavy atom. The Bertz CT molecular complexity index is 1070. The summed E-state index contributed by atoms with van der Waals surface area (Å²) in [5.74, 6) is -1.70. The number of carbonyl (C=O) groups excluding carboxylic acids is 2. The lowest BCUT2D eigenvalue weighted by atomic mass is 9.95. The van der Waals surface area contributed by atoms with Gasteiger partial charge in [-0.15, -0.1) is 0 Å². The summed E-state index contributed by atoms with van der Waals surface area (Å²) in [5, 5.41) is 2.72. The van der Waals surface area contributed by atoms with E-state index in [1.54, 1.807) is 0 Å². The highest BCUT2D eigenvalue weighted by molar-refractivity contribution is 7.89. The van der Waals surface area contributed by atoms with Crippen molar-refractivity contribution in [1.29, 1.82) is 0 Å². The zero-order valence-electron chi connectivity index (χ0n) is 17.3. The molecule has 2 aromatic rings.